The molecular formula is C28H29F6NO3. The summed E-state index contributed by atoms with van der Waals surface area (Å²) >= 11 is 0. The molecule has 38 heavy (non-hydrogen) atoms. The predicted molar refractivity (Wildman–Crippen MR) is 129 cm³/mol. The van der Waals surface area contributed by atoms with E-state index in [2.05, 4.69) is 13.8 Å². The molecule has 0 aromatic heterocycles. The minimum Gasteiger partial charge on any atom is -0.496 e. The molecule has 0 radical (unpaired) electrons. The Bertz CT molecular complexity index is 1220. The predicted octanol–water partition coefficient (Wildman–Crippen LogP) is 8.28. The van der Waals surface area contributed by atoms with E-state index in [0.717, 1.165) is 29.6 Å². The van der Waals surface area contributed by atoms with E-state index < -0.39 is 41.7 Å². The fourth-order valence-corrected chi connectivity index (χ4v) is 5.29. The first-order valence-corrected chi connectivity index (χ1v) is 12.2. The number of cyclic esters (lactones) is 1. The molecule has 1 amide bonds. The molecule has 0 saturated carbocycles. The smallest absolute Gasteiger partial charge is 0.416 e. The lowest BCUT2D eigenvalue weighted by Gasteiger charge is -2.35. The SMILES string of the molecule is COc1ccccc1C1=C(CN2C(=O)O[C@H](c3cc(C(F)(F)F)cc(C(F)(F)F)c3)[C@@H]2C)CC(C)(C)CC1. The average molecular weight is 542 g/mol. The second-order valence-corrected chi connectivity index (χ2v) is 10.6. The molecule has 4 rings (SSSR count). The Morgan fingerprint density at radius 2 is 1.63 bits per heavy atom. The number of para-hydroxylation sites is 1. The molecule has 2 aromatic carbocycles. The van der Waals surface area contributed by atoms with Crippen LogP contribution in [0.15, 0.2) is 48.0 Å². The minimum absolute atomic E-state index is 0.0598. The molecule has 2 atom stereocenters. The van der Waals surface area contributed by atoms with Gasteiger partial charge in [0.2, 0.25) is 0 Å². The van der Waals surface area contributed by atoms with E-state index in [1.807, 2.05) is 24.3 Å². The normalized spacial score (nSPS) is 22.1. The summed E-state index contributed by atoms with van der Waals surface area (Å²) in [5.41, 5.74) is -0.434. The third-order valence-electron chi connectivity index (χ3n) is 7.29. The second-order valence-electron chi connectivity index (χ2n) is 10.6. The Hall–Kier alpha value is -3.17. The summed E-state index contributed by atoms with van der Waals surface area (Å²) in [7, 11) is 1.57. The Labute approximate surface area is 217 Å². The third-order valence-corrected chi connectivity index (χ3v) is 7.29. The average Bonchev–Trinajstić information content (AvgIpc) is 3.11. The van der Waals surface area contributed by atoms with Crippen LogP contribution in [0.5, 0.6) is 5.75 Å². The van der Waals surface area contributed by atoms with Gasteiger partial charge in [0.1, 0.15) is 11.9 Å². The van der Waals surface area contributed by atoms with E-state index in [0.29, 0.717) is 24.3 Å². The fraction of sp³-hybridized carbons (Fsp3) is 0.464. The highest BCUT2D eigenvalue weighted by atomic mass is 19.4. The van der Waals surface area contributed by atoms with Crippen molar-refractivity contribution in [1.82, 2.24) is 4.90 Å². The zero-order valence-electron chi connectivity index (χ0n) is 21.5. The summed E-state index contributed by atoms with van der Waals surface area (Å²) in [5.74, 6) is 0.679. The Kier molecular flexibility index (Phi) is 7.22. The number of carbonyl (C=O) groups is 1. The largest absolute Gasteiger partial charge is 0.496 e. The van der Waals surface area contributed by atoms with Crippen molar-refractivity contribution in [2.24, 2.45) is 5.41 Å². The van der Waals surface area contributed by atoms with E-state index in [4.69, 9.17) is 9.47 Å². The van der Waals surface area contributed by atoms with Crippen LogP contribution in [0.2, 0.25) is 0 Å². The van der Waals surface area contributed by atoms with Crippen LogP contribution < -0.4 is 4.74 Å². The van der Waals surface area contributed by atoms with Gasteiger partial charge in [-0.1, -0.05) is 32.0 Å². The Morgan fingerprint density at radius 1 is 1.03 bits per heavy atom. The first-order chi connectivity index (χ1) is 17.6. The Morgan fingerprint density at radius 3 is 2.21 bits per heavy atom. The first-order valence-electron chi connectivity index (χ1n) is 12.2. The van der Waals surface area contributed by atoms with Gasteiger partial charge < -0.3 is 9.47 Å². The van der Waals surface area contributed by atoms with Crippen molar-refractivity contribution >= 4 is 11.7 Å². The maximum absolute atomic E-state index is 13.4. The van der Waals surface area contributed by atoms with E-state index in [1.54, 1.807) is 14.0 Å². The van der Waals surface area contributed by atoms with Crippen molar-refractivity contribution in [2.45, 2.75) is 64.5 Å². The molecule has 1 aliphatic carbocycles. The number of hydrogen-bond acceptors (Lipinski definition) is 3. The molecule has 206 valence electrons. The number of nitrogens with zero attached hydrogens (tertiary/aromatic N) is 1. The minimum atomic E-state index is -5.00. The van der Waals surface area contributed by atoms with Crippen LogP contribution in [0.3, 0.4) is 0 Å². The lowest BCUT2D eigenvalue weighted by atomic mass is 9.72. The zero-order valence-corrected chi connectivity index (χ0v) is 21.5. The van der Waals surface area contributed by atoms with Gasteiger partial charge in [-0.05, 0) is 72.6 Å². The van der Waals surface area contributed by atoms with E-state index >= 15 is 0 Å². The van der Waals surface area contributed by atoms with Gasteiger partial charge in [0.15, 0.2) is 0 Å². The maximum Gasteiger partial charge on any atom is 0.416 e. The standard InChI is InChI=1S/C28H29F6NO3/c1-16-24(17-11-19(27(29,30)31)13-20(12-17)28(32,33)34)38-25(36)35(16)15-18-14-26(2,3)10-9-21(18)22-7-5-6-8-23(22)37-4/h5-8,11-13,16,24H,9-10,14-15H2,1-4H3/t16-,24-/m0/s1. The van der Waals surface area contributed by atoms with Gasteiger partial charge in [0, 0.05) is 12.1 Å². The van der Waals surface area contributed by atoms with Crippen LogP contribution in [0.25, 0.3) is 5.57 Å². The van der Waals surface area contributed by atoms with Gasteiger partial charge in [0.25, 0.3) is 0 Å². The number of allylic oxidation sites excluding steroid dienone is 1. The molecule has 1 fully saturated rings. The van der Waals surface area contributed by atoms with Gasteiger partial charge in [-0.25, -0.2) is 4.79 Å². The highest BCUT2D eigenvalue weighted by molar-refractivity contribution is 5.76. The molecule has 1 aliphatic heterocycles. The third kappa shape index (κ3) is 5.63. The van der Waals surface area contributed by atoms with Crippen molar-refractivity contribution in [3.05, 3.63) is 70.3 Å². The fourth-order valence-electron chi connectivity index (χ4n) is 5.29. The number of ether oxygens (including phenoxy) is 2. The number of alkyl halides is 6. The Balaban J connectivity index is 1.71. The molecule has 1 heterocycles. The number of carbonyl (C=O) groups excluding carboxylic acids is 1. The van der Waals surface area contributed by atoms with E-state index in [9.17, 15) is 31.1 Å². The quantitative estimate of drug-likeness (QED) is 0.358. The molecule has 0 N–H and O–H groups in total. The van der Waals surface area contributed by atoms with E-state index in [1.165, 1.54) is 4.90 Å². The molecule has 0 unspecified atom stereocenters. The molecule has 10 heteroatoms. The van der Waals surface area contributed by atoms with Crippen molar-refractivity contribution in [3.63, 3.8) is 0 Å². The van der Waals surface area contributed by atoms with Crippen molar-refractivity contribution in [1.29, 1.82) is 0 Å². The number of hydrogen-bond donors (Lipinski definition) is 0. The summed E-state index contributed by atoms with van der Waals surface area (Å²) in [4.78, 5) is 14.3. The number of benzene rings is 2. The van der Waals surface area contributed by atoms with Gasteiger partial charge in [-0.3, -0.25) is 4.90 Å². The zero-order chi connectivity index (χ0) is 28.0. The molecule has 4 nitrogen and oxygen atoms in total. The molecule has 1 saturated heterocycles. The topological polar surface area (TPSA) is 38.8 Å². The molecule has 0 spiro atoms. The van der Waals surface area contributed by atoms with E-state index in [-0.39, 0.29) is 23.6 Å². The highest BCUT2D eigenvalue weighted by Crippen LogP contribution is 2.46. The first kappa shape index (κ1) is 27.9. The van der Waals surface area contributed by atoms with Gasteiger partial charge in [0.05, 0.1) is 24.3 Å². The highest BCUT2D eigenvalue weighted by Gasteiger charge is 2.44. The summed E-state index contributed by atoms with van der Waals surface area (Å²) in [6, 6.07) is 8.02. The van der Waals surface area contributed by atoms with Crippen molar-refractivity contribution in [3.8, 4) is 5.75 Å². The van der Waals surface area contributed by atoms with Crippen LogP contribution in [-0.2, 0) is 17.1 Å². The van der Waals surface area contributed by atoms with Crippen LogP contribution >= 0.6 is 0 Å². The number of methoxy groups -OCH3 is 1. The van der Waals surface area contributed by atoms with Crippen molar-refractivity contribution < 1.29 is 40.6 Å². The molecule has 0 bridgehead atoms. The molecular weight excluding hydrogens is 512 g/mol. The molecule has 2 aromatic rings. The second kappa shape index (κ2) is 9.85. The summed E-state index contributed by atoms with van der Waals surface area (Å²) in [6.45, 7) is 5.93. The van der Waals surface area contributed by atoms with Crippen molar-refractivity contribution in [2.75, 3.05) is 13.7 Å². The monoisotopic (exact) mass is 541 g/mol. The van der Waals surface area contributed by atoms with Gasteiger partial charge >= 0.3 is 18.4 Å². The molecule has 2 aliphatic rings. The van der Waals surface area contributed by atoms with Crippen LogP contribution in [0, 0.1) is 5.41 Å². The summed E-state index contributed by atoms with van der Waals surface area (Å²) < 4.78 is 91.4. The lowest BCUT2D eigenvalue weighted by molar-refractivity contribution is -0.143. The maximum atomic E-state index is 13.4. The number of rotatable bonds is 5. The lowest BCUT2D eigenvalue weighted by Crippen LogP contribution is -2.35. The number of amides is 1. The number of halogens is 6. The summed E-state index contributed by atoms with van der Waals surface area (Å²) in [6.07, 6.45) is -9.79. The van der Waals surface area contributed by atoms with Gasteiger partial charge in [-0.2, -0.15) is 26.3 Å². The summed E-state index contributed by atoms with van der Waals surface area (Å²) in [5, 5.41) is 0. The van der Waals surface area contributed by atoms with Crippen LogP contribution in [0.1, 0.15) is 68.4 Å². The van der Waals surface area contributed by atoms with Crippen LogP contribution in [-0.4, -0.2) is 30.7 Å². The van der Waals surface area contributed by atoms with Gasteiger partial charge in [-0.15, -0.1) is 0 Å². The van der Waals surface area contributed by atoms with Crippen LogP contribution in [0.4, 0.5) is 31.1 Å².